The largest absolute Gasteiger partial charge is 0.287 e. The molecular formula is C16H11BrN4OS. The average Bonchev–Trinajstić information content (AvgIpc) is 2.56. The second kappa shape index (κ2) is 6.52. The first-order valence-electron chi connectivity index (χ1n) is 6.87. The maximum atomic E-state index is 12.7. The Morgan fingerprint density at radius 3 is 2.87 bits per heavy atom. The fraction of sp³-hybridized carbons (Fsp3) is 0.125. The third-order valence-electron chi connectivity index (χ3n) is 3.23. The van der Waals surface area contributed by atoms with Crippen LogP contribution in [0.25, 0.3) is 10.9 Å². The van der Waals surface area contributed by atoms with Crippen LogP contribution in [0.15, 0.2) is 55.8 Å². The zero-order valence-electron chi connectivity index (χ0n) is 12.2. The minimum absolute atomic E-state index is 0.0854. The van der Waals surface area contributed by atoms with E-state index < -0.39 is 0 Å². The first kappa shape index (κ1) is 15.7. The molecule has 0 saturated heterocycles. The predicted octanol–water partition coefficient (Wildman–Crippen LogP) is 3.60. The van der Waals surface area contributed by atoms with Crippen LogP contribution in [-0.4, -0.2) is 14.5 Å². The molecule has 23 heavy (non-hydrogen) atoms. The normalized spacial score (nSPS) is 10.7. The highest BCUT2D eigenvalue weighted by molar-refractivity contribution is 9.10. The molecule has 2 heterocycles. The van der Waals surface area contributed by atoms with E-state index in [-0.39, 0.29) is 5.56 Å². The van der Waals surface area contributed by atoms with E-state index in [4.69, 9.17) is 5.26 Å². The Bertz CT molecular complexity index is 994. The third kappa shape index (κ3) is 3.14. The van der Waals surface area contributed by atoms with Gasteiger partial charge in [0.05, 0.1) is 10.9 Å². The van der Waals surface area contributed by atoms with Crippen molar-refractivity contribution in [2.75, 3.05) is 0 Å². The molecule has 2 aromatic heterocycles. The molecule has 0 N–H and O–H groups in total. The Hall–Kier alpha value is -2.17. The number of hydrogen-bond acceptors (Lipinski definition) is 5. The second-order valence-electron chi connectivity index (χ2n) is 4.68. The standard InChI is InChI=1S/C16H11BrN4OS/c1-2-21-15(22)12-8-10(17)6-7-13(12)20-16(21)23-14-5-3-4-11(9-18)19-14/h3-8H,2H2,1H3. The Morgan fingerprint density at radius 2 is 2.13 bits per heavy atom. The lowest BCUT2D eigenvalue weighted by Crippen LogP contribution is -2.22. The van der Waals surface area contributed by atoms with E-state index in [1.807, 2.05) is 25.1 Å². The van der Waals surface area contributed by atoms with Crippen LogP contribution in [0.2, 0.25) is 0 Å². The average molecular weight is 387 g/mol. The highest BCUT2D eigenvalue weighted by atomic mass is 79.9. The summed E-state index contributed by atoms with van der Waals surface area (Å²) in [5, 5.41) is 10.7. The van der Waals surface area contributed by atoms with E-state index in [1.165, 1.54) is 11.8 Å². The molecule has 0 amide bonds. The molecule has 5 nitrogen and oxygen atoms in total. The summed E-state index contributed by atoms with van der Waals surface area (Å²) in [5.41, 5.74) is 0.893. The molecule has 3 rings (SSSR count). The van der Waals surface area contributed by atoms with Crippen LogP contribution < -0.4 is 5.56 Å². The molecule has 0 radical (unpaired) electrons. The van der Waals surface area contributed by atoms with E-state index >= 15 is 0 Å². The van der Waals surface area contributed by atoms with Crippen molar-refractivity contribution in [3.63, 3.8) is 0 Å². The van der Waals surface area contributed by atoms with Crippen molar-refractivity contribution < 1.29 is 0 Å². The van der Waals surface area contributed by atoms with Crippen LogP contribution in [-0.2, 0) is 6.54 Å². The monoisotopic (exact) mass is 386 g/mol. The Kier molecular flexibility index (Phi) is 4.46. The second-order valence-corrected chi connectivity index (χ2v) is 6.58. The number of fused-ring (bicyclic) bond motifs is 1. The molecule has 114 valence electrons. The lowest BCUT2D eigenvalue weighted by molar-refractivity contribution is 0.634. The van der Waals surface area contributed by atoms with E-state index in [9.17, 15) is 4.79 Å². The fourth-order valence-corrected chi connectivity index (χ4v) is 3.46. The molecule has 0 atom stereocenters. The molecule has 0 fully saturated rings. The van der Waals surface area contributed by atoms with Gasteiger partial charge in [-0.3, -0.25) is 9.36 Å². The lowest BCUT2D eigenvalue weighted by atomic mass is 10.2. The number of aromatic nitrogens is 3. The van der Waals surface area contributed by atoms with Gasteiger partial charge in [0.1, 0.15) is 16.8 Å². The van der Waals surface area contributed by atoms with E-state index in [1.54, 1.807) is 28.8 Å². The summed E-state index contributed by atoms with van der Waals surface area (Å²) in [7, 11) is 0. The van der Waals surface area contributed by atoms with Gasteiger partial charge in [0, 0.05) is 11.0 Å². The van der Waals surface area contributed by atoms with Crippen molar-refractivity contribution in [2.24, 2.45) is 0 Å². The summed E-state index contributed by atoms with van der Waals surface area (Å²) in [6.07, 6.45) is 0. The van der Waals surface area contributed by atoms with Gasteiger partial charge < -0.3 is 0 Å². The van der Waals surface area contributed by atoms with Crippen LogP contribution in [0.1, 0.15) is 12.6 Å². The van der Waals surface area contributed by atoms with Crippen molar-refractivity contribution in [1.29, 1.82) is 5.26 Å². The number of benzene rings is 1. The molecule has 0 aliphatic rings. The van der Waals surface area contributed by atoms with Gasteiger partial charge in [-0.15, -0.1) is 0 Å². The molecule has 0 saturated carbocycles. The van der Waals surface area contributed by atoms with Gasteiger partial charge in [-0.1, -0.05) is 22.0 Å². The summed E-state index contributed by atoms with van der Waals surface area (Å²) in [5.74, 6) is 0. The highest BCUT2D eigenvalue weighted by Crippen LogP contribution is 2.26. The molecule has 0 aliphatic heterocycles. The van der Waals surface area contributed by atoms with Gasteiger partial charge >= 0.3 is 0 Å². The molecule has 0 bridgehead atoms. The quantitative estimate of drug-likeness (QED) is 0.643. The number of nitrogens with zero attached hydrogens (tertiary/aromatic N) is 4. The number of rotatable bonds is 3. The number of hydrogen-bond donors (Lipinski definition) is 0. The van der Waals surface area contributed by atoms with Crippen LogP contribution >= 0.6 is 27.7 Å². The van der Waals surface area contributed by atoms with Crippen molar-refractivity contribution >= 4 is 38.6 Å². The number of halogens is 1. The summed E-state index contributed by atoms with van der Waals surface area (Å²) >= 11 is 4.66. The van der Waals surface area contributed by atoms with Crippen molar-refractivity contribution in [3.8, 4) is 6.07 Å². The Balaban J connectivity index is 2.15. The Morgan fingerprint density at radius 1 is 1.30 bits per heavy atom. The minimum Gasteiger partial charge on any atom is -0.287 e. The fourth-order valence-electron chi connectivity index (χ4n) is 2.16. The summed E-state index contributed by atoms with van der Waals surface area (Å²) in [6, 6.07) is 12.7. The van der Waals surface area contributed by atoms with Gasteiger partial charge in [-0.05, 0) is 49.0 Å². The van der Waals surface area contributed by atoms with E-state index in [0.717, 1.165) is 4.47 Å². The topological polar surface area (TPSA) is 71.6 Å². The zero-order valence-corrected chi connectivity index (χ0v) is 14.6. The zero-order chi connectivity index (χ0) is 16.4. The van der Waals surface area contributed by atoms with Gasteiger partial charge in [-0.2, -0.15) is 5.26 Å². The predicted molar refractivity (Wildman–Crippen MR) is 92.5 cm³/mol. The first-order valence-corrected chi connectivity index (χ1v) is 8.48. The molecule has 3 aromatic rings. The van der Waals surface area contributed by atoms with Crippen molar-refractivity contribution in [1.82, 2.24) is 14.5 Å². The van der Waals surface area contributed by atoms with Crippen LogP contribution in [0.5, 0.6) is 0 Å². The van der Waals surface area contributed by atoms with Gasteiger partial charge in [-0.25, -0.2) is 9.97 Å². The summed E-state index contributed by atoms with van der Waals surface area (Å²) in [6.45, 7) is 2.41. The van der Waals surface area contributed by atoms with Gasteiger partial charge in [0.2, 0.25) is 0 Å². The van der Waals surface area contributed by atoms with Gasteiger partial charge in [0.15, 0.2) is 5.16 Å². The SMILES string of the molecule is CCn1c(Sc2cccc(C#N)n2)nc2ccc(Br)cc2c1=O. The first-order chi connectivity index (χ1) is 11.1. The smallest absolute Gasteiger partial charge is 0.262 e. The van der Waals surface area contributed by atoms with Crippen molar-refractivity contribution in [3.05, 3.63) is 56.9 Å². The maximum Gasteiger partial charge on any atom is 0.262 e. The molecule has 1 aromatic carbocycles. The van der Waals surface area contributed by atoms with Gasteiger partial charge in [0.25, 0.3) is 5.56 Å². The van der Waals surface area contributed by atoms with Crippen LogP contribution in [0.3, 0.4) is 0 Å². The molecule has 0 aliphatic carbocycles. The number of nitriles is 1. The molecule has 0 spiro atoms. The Labute approximate surface area is 145 Å². The lowest BCUT2D eigenvalue weighted by Gasteiger charge is -2.11. The maximum absolute atomic E-state index is 12.7. The minimum atomic E-state index is -0.0854. The van der Waals surface area contributed by atoms with Crippen molar-refractivity contribution in [2.45, 2.75) is 23.7 Å². The summed E-state index contributed by atoms with van der Waals surface area (Å²) in [4.78, 5) is 21.5. The molecule has 7 heteroatoms. The van der Waals surface area contributed by atoms with E-state index in [2.05, 4.69) is 25.9 Å². The van der Waals surface area contributed by atoms with Crippen LogP contribution in [0, 0.1) is 11.3 Å². The third-order valence-corrected chi connectivity index (χ3v) is 4.66. The highest BCUT2D eigenvalue weighted by Gasteiger charge is 2.12. The van der Waals surface area contributed by atoms with E-state index in [0.29, 0.717) is 33.3 Å². The summed E-state index contributed by atoms with van der Waals surface area (Å²) < 4.78 is 2.45. The molecule has 0 unspecified atom stereocenters. The number of pyridine rings is 1. The molecular weight excluding hydrogens is 376 g/mol. The van der Waals surface area contributed by atoms with Crippen LogP contribution in [0.4, 0.5) is 0 Å².